The molecule has 2 fully saturated rings. The second kappa shape index (κ2) is 6.22. The number of carbonyl (C=O) groups excluding carboxylic acids is 1. The van der Waals surface area contributed by atoms with Crippen molar-refractivity contribution in [2.24, 2.45) is 0 Å². The molecule has 20 heavy (non-hydrogen) atoms. The van der Waals surface area contributed by atoms with Crippen molar-refractivity contribution in [3.63, 3.8) is 0 Å². The molecule has 0 radical (unpaired) electrons. The molecule has 1 aromatic heterocycles. The molecular weight excluding hydrogens is 252 g/mol. The fraction of sp³-hybridized carbons (Fsp3) is 0.600. The first-order valence-corrected chi connectivity index (χ1v) is 7.52. The Morgan fingerprint density at radius 2 is 2.10 bits per heavy atom. The average Bonchev–Trinajstić information content (AvgIpc) is 2.55. The third kappa shape index (κ3) is 2.63. The molecule has 3 heterocycles. The minimum atomic E-state index is 0.194. The number of amides is 1. The Hall–Kier alpha value is -1.62. The number of hydrogen-bond donors (Lipinski definition) is 1. The van der Waals surface area contributed by atoms with Crippen LogP contribution in [0.2, 0.25) is 0 Å². The van der Waals surface area contributed by atoms with Crippen molar-refractivity contribution >= 4 is 12.2 Å². The molecule has 5 nitrogen and oxygen atoms in total. The molecule has 1 atom stereocenters. The van der Waals surface area contributed by atoms with Gasteiger partial charge < -0.3 is 15.1 Å². The molecule has 0 spiro atoms. The van der Waals surface area contributed by atoms with Crippen molar-refractivity contribution in [2.45, 2.75) is 25.3 Å². The molecule has 0 bridgehead atoms. The minimum Gasteiger partial charge on any atom is -0.354 e. The molecule has 3 rings (SSSR count). The molecule has 1 amide bonds. The highest BCUT2D eigenvalue weighted by atomic mass is 16.1. The van der Waals surface area contributed by atoms with Crippen molar-refractivity contribution < 1.29 is 4.79 Å². The fourth-order valence-corrected chi connectivity index (χ4v) is 3.22. The summed E-state index contributed by atoms with van der Waals surface area (Å²) in [6, 6.07) is 4.31. The predicted octanol–water partition coefficient (Wildman–Crippen LogP) is 1.17. The van der Waals surface area contributed by atoms with Crippen molar-refractivity contribution in [1.82, 2.24) is 15.2 Å². The molecule has 2 aliphatic heterocycles. The maximum atomic E-state index is 11.3. The lowest BCUT2D eigenvalue weighted by Gasteiger charge is -2.36. The highest BCUT2D eigenvalue weighted by Gasteiger charge is 2.27. The van der Waals surface area contributed by atoms with Gasteiger partial charge in [-0.05, 0) is 25.3 Å². The van der Waals surface area contributed by atoms with E-state index in [1.165, 1.54) is 12.0 Å². The summed E-state index contributed by atoms with van der Waals surface area (Å²) in [6.07, 6.45) is 6.19. The van der Waals surface area contributed by atoms with Crippen LogP contribution in [0.3, 0.4) is 0 Å². The van der Waals surface area contributed by atoms with Gasteiger partial charge in [0.25, 0.3) is 0 Å². The van der Waals surface area contributed by atoms with Gasteiger partial charge in [0.15, 0.2) is 0 Å². The van der Waals surface area contributed by atoms with Gasteiger partial charge in [0.05, 0.1) is 6.04 Å². The second-order valence-corrected chi connectivity index (χ2v) is 5.51. The van der Waals surface area contributed by atoms with E-state index < -0.39 is 0 Å². The lowest BCUT2D eigenvalue weighted by atomic mass is 9.96. The van der Waals surface area contributed by atoms with Crippen LogP contribution >= 0.6 is 0 Å². The summed E-state index contributed by atoms with van der Waals surface area (Å²) in [5.74, 6) is 1.06. The predicted molar refractivity (Wildman–Crippen MR) is 78.7 cm³/mol. The van der Waals surface area contributed by atoms with Crippen LogP contribution in [-0.4, -0.2) is 49.0 Å². The van der Waals surface area contributed by atoms with E-state index in [0.29, 0.717) is 0 Å². The SMILES string of the molecule is O=CN1CCCC[C@@H]1c1cccnc1N1CCNCC1. The molecule has 0 saturated carbocycles. The molecule has 0 unspecified atom stereocenters. The van der Waals surface area contributed by atoms with Gasteiger partial charge in [-0.25, -0.2) is 4.98 Å². The summed E-state index contributed by atoms with van der Waals surface area (Å²) >= 11 is 0. The van der Waals surface area contributed by atoms with Crippen LogP contribution in [0.25, 0.3) is 0 Å². The van der Waals surface area contributed by atoms with Gasteiger partial charge in [-0.1, -0.05) is 6.07 Å². The fourth-order valence-electron chi connectivity index (χ4n) is 3.22. The lowest BCUT2D eigenvalue weighted by molar-refractivity contribution is -0.121. The number of carbonyl (C=O) groups is 1. The van der Waals surface area contributed by atoms with E-state index in [0.717, 1.165) is 57.8 Å². The van der Waals surface area contributed by atoms with Crippen molar-refractivity contribution in [3.05, 3.63) is 23.9 Å². The Kier molecular flexibility index (Phi) is 4.16. The maximum Gasteiger partial charge on any atom is 0.210 e. The average molecular weight is 274 g/mol. The van der Waals surface area contributed by atoms with Crippen molar-refractivity contribution in [3.8, 4) is 0 Å². The van der Waals surface area contributed by atoms with Gasteiger partial charge in [0.2, 0.25) is 6.41 Å². The number of anilines is 1. The van der Waals surface area contributed by atoms with Crippen LogP contribution in [0.4, 0.5) is 5.82 Å². The summed E-state index contributed by atoms with van der Waals surface area (Å²) < 4.78 is 0. The smallest absolute Gasteiger partial charge is 0.210 e. The Morgan fingerprint density at radius 1 is 1.25 bits per heavy atom. The van der Waals surface area contributed by atoms with Crippen LogP contribution in [0.5, 0.6) is 0 Å². The summed E-state index contributed by atoms with van der Waals surface area (Å²) in [7, 11) is 0. The summed E-state index contributed by atoms with van der Waals surface area (Å²) in [5.41, 5.74) is 1.21. The lowest BCUT2D eigenvalue weighted by Crippen LogP contribution is -2.44. The van der Waals surface area contributed by atoms with E-state index in [1.54, 1.807) is 0 Å². The number of rotatable bonds is 3. The number of aromatic nitrogens is 1. The maximum absolute atomic E-state index is 11.3. The molecule has 108 valence electrons. The normalized spacial score (nSPS) is 23.7. The van der Waals surface area contributed by atoms with E-state index in [2.05, 4.69) is 21.3 Å². The molecule has 2 aliphatic rings. The number of nitrogens with zero attached hydrogens (tertiary/aromatic N) is 3. The topological polar surface area (TPSA) is 48.5 Å². The number of nitrogens with one attached hydrogen (secondary N) is 1. The highest BCUT2D eigenvalue weighted by Crippen LogP contribution is 2.34. The van der Waals surface area contributed by atoms with Gasteiger partial charge in [-0.2, -0.15) is 0 Å². The van der Waals surface area contributed by atoms with Gasteiger partial charge in [-0.15, -0.1) is 0 Å². The zero-order valence-electron chi connectivity index (χ0n) is 11.8. The zero-order chi connectivity index (χ0) is 13.8. The molecule has 0 aliphatic carbocycles. The van der Waals surface area contributed by atoms with Gasteiger partial charge in [-0.3, -0.25) is 4.79 Å². The van der Waals surface area contributed by atoms with Crippen LogP contribution in [0.1, 0.15) is 30.9 Å². The van der Waals surface area contributed by atoms with Crippen molar-refractivity contribution in [1.29, 1.82) is 0 Å². The molecular formula is C15H22N4O. The van der Waals surface area contributed by atoms with Gasteiger partial charge >= 0.3 is 0 Å². The Morgan fingerprint density at radius 3 is 2.90 bits per heavy atom. The summed E-state index contributed by atoms with van der Waals surface area (Å²) in [4.78, 5) is 20.2. The third-order valence-electron chi connectivity index (χ3n) is 4.27. The molecule has 1 N–H and O–H groups in total. The first-order chi connectivity index (χ1) is 9.90. The van der Waals surface area contributed by atoms with E-state index in [1.807, 2.05) is 17.2 Å². The first-order valence-electron chi connectivity index (χ1n) is 7.52. The van der Waals surface area contributed by atoms with E-state index in [-0.39, 0.29) is 6.04 Å². The largest absolute Gasteiger partial charge is 0.354 e. The number of piperidine rings is 1. The number of piperazine rings is 1. The Balaban J connectivity index is 1.89. The quantitative estimate of drug-likeness (QED) is 0.841. The monoisotopic (exact) mass is 274 g/mol. The standard InChI is InChI=1S/C15H22N4O/c20-12-19-9-2-1-5-14(19)13-4-3-6-17-15(13)18-10-7-16-8-11-18/h3-4,6,12,14,16H,1-2,5,7-11H2/t14-/m1/s1. The highest BCUT2D eigenvalue weighted by molar-refractivity contribution is 5.54. The molecule has 5 heteroatoms. The van der Waals surface area contributed by atoms with E-state index in [4.69, 9.17) is 0 Å². The molecule has 0 aromatic carbocycles. The molecule has 2 saturated heterocycles. The Labute approximate surface area is 120 Å². The Bertz CT molecular complexity index is 459. The van der Waals surface area contributed by atoms with E-state index >= 15 is 0 Å². The van der Waals surface area contributed by atoms with Crippen LogP contribution < -0.4 is 10.2 Å². The second-order valence-electron chi connectivity index (χ2n) is 5.51. The number of likely N-dealkylation sites (tertiary alicyclic amines) is 1. The van der Waals surface area contributed by atoms with Crippen molar-refractivity contribution in [2.75, 3.05) is 37.6 Å². The summed E-state index contributed by atoms with van der Waals surface area (Å²) in [5, 5.41) is 3.37. The van der Waals surface area contributed by atoms with Crippen LogP contribution in [0, 0.1) is 0 Å². The first kappa shape index (κ1) is 13.4. The number of pyridine rings is 1. The van der Waals surface area contributed by atoms with Gasteiger partial charge in [0.1, 0.15) is 5.82 Å². The van der Waals surface area contributed by atoms with Gasteiger partial charge in [0, 0.05) is 44.5 Å². The van der Waals surface area contributed by atoms with E-state index in [9.17, 15) is 4.79 Å². The van der Waals surface area contributed by atoms with Crippen LogP contribution in [0.15, 0.2) is 18.3 Å². The number of hydrogen-bond acceptors (Lipinski definition) is 4. The summed E-state index contributed by atoms with van der Waals surface area (Å²) in [6.45, 7) is 4.83. The van der Waals surface area contributed by atoms with Crippen LogP contribution in [-0.2, 0) is 4.79 Å². The molecule has 1 aromatic rings. The third-order valence-corrected chi connectivity index (χ3v) is 4.27. The zero-order valence-corrected chi connectivity index (χ0v) is 11.8. The minimum absolute atomic E-state index is 0.194.